The minimum absolute atomic E-state index is 0.0408. The summed E-state index contributed by atoms with van der Waals surface area (Å²) in [6.45, 7) is 10.4. The zero-order chi connectivity index (χ0) is 25.6. The van der Waals surface area contributed by atoms with Crippen molar-refractivity contribution in [2.45, 2.75) is 51.1 Å². The quantitative estimate of drug-likeness (QED) is 0.211. The molecule has 1 atom stereocenters. The van der Waals surface area contributed by atoms with Gasteiger partial charge in [0.25, 0.3) is 0 Å². The summed E-state index contributed by atoms with van der Waals surface area (Å²) in [6.07, 6.45) is 3.24. The molecule has 0 aliphatic carbocycles. The number of nitrogens with zero attached hydrogens (tertiary/aromatic N) is 4. The average Bonchev–Trinajstić information content (AvgIpc) is 3.27. The Morgan fingerprint density at radius 3 is 2.03 bits per heavy atom. The van der Waals surface area contributed by atoms with E-state index in [0.717, 1.165) is 64.0 Å². The summed E-state index contributed by atoms with van der Waals surface area (Å²) in [7, 11) is 0. The molecule has 3 aromatic carbocycles. The topological polar surface area (TPSA) is 24.3 Å². The van der Waals surface area contributed by atoms with Crippen LogP contribution in [0.2, 0.25) is 0 Å². The van der Waals surface area contributed by atoms with Crippen molar-refractivity contribution in [3.63, 3.8) is 0 Å². The Bertz CT molecular complexity index is 1220. The molecule has 1 fully saturated rings. The molecule has 194 valence electrons. The van der Waals surface area contributed by atoms with Crippen LogP contribution in [0.5, 0.6) is 0 Å². The van der Waals surface area contributed by atoms with Crippen LogP contribution in [0.25, 0.3) is 11.0 Å². The maximum atomic E-state index is 7.01. The third-order valence-corrected chi connectivity index (χ3v) is 7.94. The van der Waals surface area contributed by atoms with Crippen LogP contribution >= 0.6 is 11.6 Å². The Kier molecular flexibility index (Phi) is 8.60. The lowest BCUT2D eigenvalue weighted by molar-refractivity contribution is 0.109. The van der Waals surface area contributed by atoms with Gasteiger partial charge in [-0.3, -0.25) is 9.80 Å². The molecule has 1 saturated heterocycles. The van der Waals surface area contributed by atoms with E-state index in [1.54, 1.807) is 0 Å². The highest BCUT2D eigenvalue weighted by atomic mass is 35.5. The molecule has 37 heavy (non-hydrogen) atoms. The zero-order valence-electron chi connectivity index (χ0n) is 22.2. The van der Waals surface area contributed by atoms with E-state index in [1.807, 2.05) is 0 Å². The van der Waals surface area contributed by atoms with Crippen molar-refractivity contribution in [1.82, 2.24) is 19.4 Å². The van der Waals surface area contributed by atoms with E-state index in [1.165, 1.54) is 28.0 Å². The summed E-state index contributed by atoms with van der Waals surface area (Å²) in [4.78, 5) is 10.1. The lowest BCUT2D eigenvalue weighted by Gasteiger charge is -2.40. The van der Waals surface area contributed by atoms with Gasteiger partial charge in [0.1, 0.15) is 5.82 Å². The van der Waals surface area contributed by atoms with Crippen LogP contribution in [0.4, 0.5) is 0 Å². The van der Waals surface area contributed by atoms with Crippen LogP contribution in [-0.4, -0.2) is 52.1 Å². The van der Waals surface area contributed by atoms with Crippen LogP contribution in [0.1, 0.15) is 60.6 Å². The van der Waals surface area contributed by atoms with E-state index < -0.39 is 0 Å². The minimum atomic E-state index is -0.0408. The van der Waals surface area contributed by atoms with E-state index in [0.29, 0.717) is 0 Å². The summed E-state index contributed by atoms with van der Waals surface area (Å²) in [5.41, 5.74) is 6.20. The van der Waals surface area contributed by atoms with Crippen LogP contribution in [0, 0.1) is 0 Å². The van der Waals surface area contributed by atoms with Gasteiger partial charge in [-0.2, -0.15) is 0 Å². The third kappa shape index (κ3) is 5.93. The first-order chi connectivity index (χ1) is 18.2. The second-order valence-electron chi connectivity index (χ2n) is 10.2. The summed E-state index contributed by atoms with van der Waals surface area (Å²) in [5, 5.41) is -0.0408. The van der Waals surface area contributed by atoms with Crippen molar-refractivity contribution < 1.29 is 0 Å². The molecule has 4 aromatic rings. The van der Waals surface area contributed by atoms with Gasteiger partial charge in [-0.1, -0.05) is 80.6 Å². The fraction of sp³-hybridized carbons (Fsp3) is 0.406. The van der Waals surface area contributed by atoms with Gasteiger partial charge in [0, 0.05) is 45.7 Å². The molecule has 5 rings (SSSR count). The van der Waals surface area contributed by atoms with Gasteiger partial charge in [0.15, 0.2) is 0 Å². The molecule has 1 aromatic heterocycles. The van der Waals surface area contributed by atoms with Crippen molar-refractivity contribution in [3.05, 3.63) is 101 Å². The Morgan fingerprint density at radius 1 is 0.784 bits per heavy atom. The fourth-order valence-electron chi connectivity index (χ4n) is 5.70. The summed E-state index contributed by atoms with van der Waals surface area (Å²) in [5.74, 6) is 1.20. The Balaban J connectivity index is 1.26. The zero-order valence-corrected chi connectivity index (χ0v) is 22.9. The molecule has 4 nitrogen and oxygen atoms in total. The number of fused-ring (bicyclic) bond motifs is 1. The first-order valence-corrected chi connectivity index (χ1v) is 14.3. The first kappa shape index (κ1) is 26.0. The summed E-state index contributed by atoms with van der Waals surface area (Å²) >= 11 is 7.01. The Morgan fingerprint density at radius 2 is 1.43 bits per heavy atom. The van der Waals surface area contributed by atoms with Crippen molar-refractivity contribution in [2.24, 2.45) is 0 Å². The highest BCUT2D eigenvalue weighted by molar-refractivity contribution is 6.21. The molecule has 1 aliphatic heterocycles. The molecule has 5 heteroatoms. The maximum absolute atomic E-state index is 7.01. The number of piperazine rings is 1. The van der Waals surface area contributed by atoms with Gasteiger partial charge < -0.3 is 4.57 Å². The molecular formula is C32H39ClN4. The van der Waals surface area contributed by atoms with Crippen LogP contribution < -0.4 is 0 Å². The van der Waals surface area contributed by atoms with E-state index in [-0.39, 0.29) is 11.4 Å². The lowest BCUT2D eigenvalue weighted by Crippen LogP contribution is -2.48. The van der Waals surface area contributed by atoms with Gasteiger partial charge in [-0.15, -0.1) is 11.6 Å². The Hall–Kier alpha value is -2.66. The standard InChI is InChI=1S/C32H39ClN4/c1-3-11-31-34-29-23-27(16-17-30(29)37(31)18-4-2)28(33)24-35-19-21-36(22-20-35)32(25-12-7-5-8-13-25)26-14-9-6-10-15-26/h5-10,12-17,23,28,32H,3-4,11,18-22,24H2,1-2H3. The Labute approximate surface area is 226 Å². The average molecular weight is 515 g/mol. The number of alkyl halides is 1. The van der Waals surface area contributed by atoms with Gasteiger partial charge in [-0.25, -0.2) is 4.98 Å². The minimum Gasteiger partial charge on any atom is -0.328 e. The molecule has 0 bridgehead atoms. The molecule has 1 unspecified atom stereocenters. The first-order valence-electron chi connectivity index (χ1n) is 13.9. The van der Waals surface area contributed by atoms with Crippen LogP contribution in [-0.2, 0) is 13.0 Å². The van der Waals surface area contributed by atoms with E-state index >= 15 is 0 Å². The molecule has 0 saturated carbocycles. The molecular weight excluding hydrogens is 476 g/mol. The fourth-order valence-corrected chi connectivity index (χ4v) is 6.03. The molecule has 0 N–H and O–H groups in total. The second kappa shape index (κ2) is 12.3. The number of imidazole rings is 1. The second-order valence-corrected chi connectivity index (χ2v) is 10.7. The largest absolute Gasteiger partial charge is 0.328 e. The normalized spacial score (nSPS) is 16.0. The van der Waals surface area contributed by atoms with Crippen molar-refractivity contribution in [3.8, 4) is 0 Å². The smallest absolute Gasteiger partial charge is 0.109 e. The predicted molar refractivity (Wildman–Crippen MR) is 155 cm³/mol. The molecule has 2 heterocycles. The summed E-state index contributed by atoms with van der Waals surface area (Å²) < 4.78 is 2.39. The maximum Gasteiger partial charge on any atom is 0.109 e. The predicted octanol–water partition coefficient (Wildman–Crippen LogP) is 7.09. The molecule has 0 radical (unpaired) electrons. The van der Waals surface area contributed by atoms with Crippen LogP contribution in [0.15, 0.2) is 78.9 Å². The van der Waals surface area contributed by atoms with Crippen molar-refractivity contribution >= 4 is 22.6 Å². The number of rotatable bonds is 10. The molecule has 1 aliphatic rings. The monoisotopic (exact) mass is 514 g/mol. The van der Waals surface area contributed by atoms with E-state index in [4.69, 9.17) is 16.6 Å². The number of hydrogen-bond acceptors (Lipinski definition) is 3. The molecule has 0 amide bonds. The number of hydrogen-bond donors (Lipinski definition) is 0. The number of aromatic nitrogens is 2. The lowest BCUT2D eigenvalue weighted by atomic mass is 9.96. The summed E-state index contributed by atoms with van der Waals surface area (Å²) in [6, 6.07) is 28.7. The molecule has 0 spiro atoms. The number of halogens is 1. The highest BCUT2D eigenvalue weighted by Gasteiger charge is 2.27. The SMILES string of the molecule is CCCc1nc2cc(C(Cl)CN3CCN(C(c4ccccc4)c4ccccc4)CC3)ccc2n1CCC. The van der Waals surface area contributed by atoms with Gasteiger partial charge in [-0.05, 0) is 41.7 Å². The van der Waals surface area contributed by atoms with Crippen molar-refractivity contribution in [2.75, 3.05) is 32.7 Å². The van der Waals surface area contributed by atoms with Gasteiger partial charge in [0.2, 0.25) is 0 Å². The van der Waals surface area contributed by atoms with Gasteiger partial charge >= 0.3 is 0 Å². The van der Waals surface area contributed by atoms with Gasteiger partial charge in [0.05, 0.1) is 22.5 Å². The number of benzene rings is 3. The van der Waals surface area contributed by atoms with E-state index in [2.05, 4.69) is 107 Å². The van der Waals surface area contributed by atoms with E-state index in [9.17, 15) is 0 Å². The van der Waals surface area contributed by atoms with Crippen LogP contribution in [0.3, 0.4) is 0 Å². The third-order valence-electron chi connectivity index (χ3n) is 7.55. The van der Waals surface area contributed by atoms with Crippen molar-refractivity contribution in [1.29, 1.82) is 0 Å². The highest BCUT2D eigenvalue weighted by Crippen LogP contribution is 2.31. The number of aryl methyl sites for hydroxylation is 2.